The smallest absolute Gasteiger partial charge is 0.276 e. The van der Waals surface area contributed by atoms with Crippen molar-refractivity contribution >= 4 is 5.91 Å². The third-order valence-electron chi connectivity index (χ3n) is 6.72. The molecule has 1 saturated carbocycles. The van der Waals surface area contributed by atoms with Crippen molar-refractivity contribution in [2.24, 2.45) is 5.92 Å². The van der Waals surface area contributed by atoms with Gasteiger partial charge >= 0.3 is 0 Å². The summed E-state index contributed by atoms with van der Waals surface area (Å²) in [6.45, 7) is 4.20. The van der Waals surface area contributed by atoms with E-state index >= 15 is 0 Å². The number of nitrogens with one attached hydrogen (secondary N) is 1. The SMILES string of the molecule is CC[C@@H]1Cc2ncc(C(=O)NO)cc2CN1C[C@H]1C2CCC(C2)N1C. The molecule has 6 heteroatoms. The number of nitrogens with zero attached hydrogens (tertiary/aromatic N) is 3. The van der Waals surface area contributed by atoms with Gasteiger partial charge in [0.2, 0.25) is 0 Å². The highest BCUT2D eigenvalue weighted by Crippen LogP contribution is 2.42. The van der Waals surface area contributed by atoms with Crippen molar-refractivity contribution in [1.82, 2.24) is 20.3 Å². The molecule has 1 aromatic heterocycles. The fraction of sp³-hybridized carbons (Fsp3) is 0.684. The second-order valence-electron chi connectivity index (χ2n) is 7.93. The van der Waals surface area contributed by atoms with Crippen LogP contribution in [0, 0.1) is 5.92 Å². The molecule has 2 bridgehead atoms. The Morgan fingerprint density at radius 2 is 2.28 bits per heavy atom. The van der Waals surface area contributed by atoms with E-state index in [4.69, 9.17) is 5.21 Å². The first-order chi connectivity index (χ1) is 12.1. The van der Waals surface area contributed by atoms with Gasteiger partial charge in [-0.05, 0) is 50.3 Å². The maximum atomic E-state index is 11.7. The van der Waals surface area contributed by atoms with Gasteiger partial charge in [-0.2, -0.15) is 0 Å². The Labute approximate surface area is 149 Å². The van der Waals surface area contributed by atoms with Gasteiger partial charge in [0.25, 0.3) is 5.91 Å². The number of carbonyl (C=O) groups is 1. The number of piperidine rings is 1. The first-order valence-corrected chi connectivity index (χ1v) is 9.49. The van der Waals surface area contributed by atoms with Crippen molar-refractivity contribution < 1.29 is 10.0 Å². The molecule has 2 N–H and O–H groups in total. The van der Waals surface area contributed by atoms with E-state index in [1.54, 1.807) is 11.7 Å². The molecule has 136 valence electrons. The van der Waals surface area contributed by atoms with E-state index in [0.29, 0.717) is 17.6 Å². The van der Waals surface area contributed by atoms with Crippen LogP contribution in [0.3, 0.4) is 0 Å². The van der Waals surface area contributed by atoms with Crippen molar-refractivity contribution in [2.75, 3.05) is 13.6 Å². The van der Waals surface area contributed by atoms with E-state index in [2.05, 4.69) is 28.8 Å². The van der Waals surface area contributed by atoms with Crippen LogP contribution in [-0.2, 0) is 13.0 Å². The number of rotatable bonds is 4. The lowest BCUT2D eigenvalue weighted by Crippen LogP contribution is -2.50. The monoisotopic (exact) mass is 344 g/mol. The second-order valence-corrected chi connectivity index (χ2v) is 7.93. The van der Waals surface area contributed by atoms with Crippen LogP contribution >= 0.6 is 0 Å². The molecule has 3 aliphatic rings. The van der Waals surface area contributed by atoms with Crippen molar-refractivity contribution in [3.63, 3.8) is 0 Å². The van der Waals surface area contributed by atoms with E-state index < -0.39 is 5.91 Å². The Hall–Kier alpha value is -1.50. The lowest BCUT2D eigenvalue weighted by Gasteiger charge is -2.41. The molecule has 6 nitrogen and oxygen atoms in total. The average molecular weight is 344 g/mol. The number of carbonyl (C=O) groups excluding carboxylic acids is 1. The highest BCUT2D eigenvalue weighted by atomic mass is 16.5. The van der Waals surface area contributed by atoms with E-state index in [0.717, 1.165) is 49.1 Å². The van der Waals surface area contributed by atoms with Crippen LogP contribution in [-0.4, -0.2) is 57.6 Å². The second kappa shape index (κ2) is 6.67. The van der Waals surface area contributed by atoms with Gasteiger partial charge in [0.15, 0.2) is 0 Å². The third kappa shape index (κ3) is 2.96. The van der Waals surface area contributed by atoms with Crippen LogP contribution in [0.15, 0.2) is 12.3 Å². The molecular formula is C19H28N4O2. The molecule has 1 aliphatic carbocycles. The van der Waals surface area contributed by atoms with Crippen molar-refractivity contribution in [3.05, 3.63) is 29.1 Å². The predicted octanol–water partition coefficient (Wildman–Crippen LogP) is 1.82. The Morgan fingerprint density at radius 1 is 1.44 bits per heavy atom. The molecule has 0 spiro atoms. The fourth-order valence-electron chi connectivity index (χ4n) is 5.20. The van der Waals surface area contributed by atoms with E-state index in [1.165, 1.54) is 19.3 Å². The molecule has 4 atom stereocenters. The maximum Gasteiger partial charge on any atom is 0.276 e. The third-order valence-corrected chi connectivity index (χ3v) is 6.72. The number of pyridine rings is 1. The van der Waals surface area contributed by atoms with Crippen LogP contribution in [0.25, 0.3) is 0 Å². The maximum absolute atomic E-state index is 11.7. The van der Waals surface area contributed by atoms with E-state index in [9.17, 15) is 4.79 Å². The summed E-state index contributed by atoms with van der Waals surface area (Å²) in [6, 6.07) is 3.85. The van der Waals surface area contributed by atoms with Crippen LogP contribution in [0.4, 0.5) is 0 Å². The first-order valence-electron chi connectivity index (χ1n) is 9.49. The lowest BCUT2D eigenvalue weighted by molar-refractivity contribution is 0.0704. The Bertz CT molecular complexity index is 663. The van der Waals surface area contributed by atoms with Crippen LogP contribution in [0.2, 0.25) is 0 Å². The summed E-state index contributed by atoms with van der Waals surface area (Å²) in [5.41, 5.74) is 4.35. The first kappa shape index (κ1) is 16.9. The summed E-state index contributed by atoms with van der Waals surface area (Å²) < 4.78 is 0. The molecule has 2 fully saturated rings. The van der Waals surface area contributed by atoms with Gasteiger partial charge in [0, 0.05) is 49.5 Å². The molecular weight excluding hydrogens is 316 g/mol. The Balaban J connectivity index is 1.54. The minimum absolute atomic E-state index is 0.424. The summed E-state index contributed by atoms with van der Waals surface area (Å²) in [5, 5.41) is 8.86. The minimum Gasteiger partial charge on any atom is -0.299 e. The van der Waals surface area contributed by atoms with E-state index in [1.807, 2.05) is 6.07 Å². The Morgan fingerprint density at radius 3 is 2.96 bits per heavy atom. The van der Waals surface area contributed by atoms with Gasteiger partial charge in [-0.15, -0.1) is 0 Å². The highest BCUT2D eigenvalue weighted by molar-refractivity contribution is 5.93. The van der Waals surface area contributed by atoms with Gasteiger partial charge in [0.1, 0.15) is 0 Å². The number of amides is 1. The van der Waals surface area contributed by atoms with Crippen LogP contribution in [0.5, 0.6) is 0 Å². The summed E-state index contributed by atoms with van der Waals surface area (Å²) in [5.74, 6) is 0.353. The van der Waals surface area contributed by atoms with Crippen molar-refractivity contribution in [1.29, 1.82) is 0 Å². The average Bonchev–Trinajstić information content (AvgIpc) is 3.23. The van der Waals surface area contributed by atoms with Gasteiger partial charge in [-0.3, -0.25) is 24.8 Å². The predicted molar refractivity (Wildman–Crippen MR) is 94.4 cm³/mol. The van der Waals surface area contributed by atoms with Crippen molar-refractivity contribution in [2.45, 2.75) is 63.7 Å². The van der Waals surface area contributed by atoms with Crippen molar-refractivity contribution in [3.8, 4) is 0 Å². The molecule has 4 rings (SSSR count). The summed E-state index contributed by atoms with van der Waals surface area (Å²) in [6.07, 6.45) is 7.73. The van der Waals surface area contributed by atoms with Gasteiger partial charge in [-0.25, -0.2) is 5.48 Å². The zero-order chi connectivity index (χ0) is 17.6. The molecule has 1 aromatic rings. The zero-order valence-electron chi connectivity index (χ0n) is 15.1. The molecule has 3 heterocycles. The quantitative estimate of drug-likeness (QED) is 0.644. The molecule has 25 heavy (non-hydrogen) atoms. The number of aromatic nitrogens is 1. The number of hydrogen-bond donors (Lipinski definition) is 2. The normalized spacial score (nSPS) is 32.0. The zero-order valence-corrected chi connectivity index (χ0v) is 15.1. The van der Waals surface area contributed by atoms with E-state index in [-0.39, 0.29) is 0 Å². The number of likely N-dealkylation sites (N-methyl/N-ethyl adjacent to an activating group) is 1. The number of fused-ring (bicyclic) bond motifs is 3. The fourth-order valence-corrected chi connectivity index (χ4v) is 5.20. The largest absolute Gasteiger partial charge is 0.299 e. The highest BCUT2D eigenvalue weighted by Gasteiger charge is 2.45. The number of hydrogen-bond acceptors (Lipinski definition) is 5. The molecule has 1 amide bonds. The van der Waals surface area contributed by atoms with Gasteiger partial charge < -0.3 is 0 Å². The molecule has 1 saturated heterocycles. The molecule has 0 aromatic carbocycles. The number of likely N-dealkylation sites (tertiary alicyclic amines) is 1. The molecule has 0 radical (unpaired) electrons. The van der Waals surface area contributed by atoms with Crippen LogP contribution in [0.1, 0.15) is 54.2 Å². The minimum atomic E-state index is -0.493. The standard InChI is InChI=1S/C19H28N4O2/c1-3-15-8-17-14(6-13(9-20-17)19(24)21-25)10-23(15)11-18-12-4-5-16(7-12)22(18)2/h6,9,12,15-16,18,25H,3-5,7-8,10-11H2,1-2H3,(H,21,24)/t12?,15-,16?,18+/m1/s1. The summed E-state index contributed by atoms with van der Waals surface area (Å²) in [7, 11) is 2.29. The number of hydroxylamine groups is 1. The molecule has 2 unspecified atom stereocenters. The summed E-state index contributed by atoms with van der Waals surface area (Å²) >= 11 is 0. The summed E-state index contributed by atoms with van der Waals surface area (Å²) in [4.78, 5) is 21.4. The topological polar surface area (TPSA) is 68.7 Å². The Kier molecular flexibility index (Phi) is 4.52. The molecule has 2 aliphatic heterocycles. The van der Waals surface area contributed by atoms with Gasteiger partial charge in [0.05, 0.1) is 5.56 Å². The van der Waals surface area contributed by atoms with Crippen LogP contribution < -0.4 is 5.48 Å². The van der Waals surface area contributed by atoms with Gasteiger partial charge in [-0.1, -0.05) is 6.92 Å². The lowest BCUT2D eigenvalue weighted by atomic mass is 9.92.